The molecule has 3 aliphatic rings. The molecule has 0 aromatic heterocycles. The first-order valence-corrected chi connectivity index (χ1v) is 9.99. The molecule has 0 spiro atoms. The van der Waals surface area contributed by atoms with Gasteiger partial charge in [-0.3, -0.25) is 28.1 Å². The Balaban J connectivity index is 1.40. The van der Waals surface area contributed by atoms with E-state index < -0.39 is 56.0 Å². The van der Waals surface area contributed by atoms with E-state index >= 15 is 0 Å². The zero-order chi connectivity index (χ0) is 19.9. The number of benzene rings is 1. The molecule has 150 valence electrons. The van der Waals surface area contributed by atoms with Crippen LogP contribution in [0.25, 0.3) is 0 Å². The average Bonchev–Trinajstić information content (AvgIpc) is 3.06. The number of nitrogens with zero attached hydrogens (tertiary/aromatic N) is 1. The third-order valence-corrected chi connectivity index (χ3v) is 6.05. The molecule has 0 unspecified atom stereocenters. The van der Waals surface area contributed by atoms with Gasteiger partial charge in [0.15, 0.2) is 5.83 Å². The molecule has 0 radical (unpaired) electrons. The van der Waals surface area contributed by atoms with Gasteiger partial charge in [0.2, 0.25) is 11.7 Å². The van der Waals surface area contributed by atoms with E-state index in [0.717, 1.165) is 11.1 Å². The number of halogens is 2. The largest absolute Gasteiger partial charge is 0.475 e. The van der Waals surface area contributed by atoms with Gasteiger partial charge in [-0.05, 0) is 6.07 Å². The summed E-state index contributed by atoms with van der Waals surface area (Å²) in [5.74, 6) is -3.04. The summed E-state index contributed by atoms with van der Waals surface area (Å²) in [5, 5.41) is 0. The van der Waals surface area contributed by atoms with Crippen molar-refractivity contribution >= 4 is 19.5 Å². The minimum atomic E-state index is -3.97. The fourth-order valence-corrected chi connectivity index (χ4v) is 4.52. The van der Waals surface area contributed by atoms with Crippen molar-refractivity contribution in [3.05, 3.63) is 47.7 Å². The number of phosphoric ester groups is 1. The standard InChI is InChI=1S/C17H16F2NO7P/c18-11-4-2-1-3-10(11)8-24-28(23)25-9-15-14(27-28)6-17(26-15)20-7-12(19)13(21)5-16(20)22/h1-4,7,14-15,17H,5-6,8-9H2/t14-,15+,17+,28+/m0/s1. The zero-order valence-electron chi connectivity index (χ0n) is 14.5. The molecule has 1 aromatic carbocycles. The van der Waals surface area contributed by atoms with Crippen molar-refractivity contribution in [2.24, 2.45) is 0 Å². The predicted octanol–water partition coefficient (Wildman–Crippen LogP) is 2.59. The molecule has 4 atom stereocenters. The average molecular weight is 415 g/mol. The van der Waals surface area contributed by atoms with Gasteiger partial charge in [0.05, 0.1) is 19.6 Å². The van der Waals surface area contributed by atoms with Gasteiger partial charge in [0.1, 0.15) is 24.3 Å². The number of ketones is 1. The molecule has 2 saturated heterocycles. The smallest absolute Gasteiger partial charge is 0.349 e. The normalized spacial score (nSPS) is 33.0. The lowest BCUT2D eigenvalue weighted by Gasteiger charge is -2.30. The SMILES string of the molecule is O=C1CC(=O)N([C@H]2C[C@@H]3O[P@](=O)(OCc4ccccc4F)OC[C@H]3O2)C=C1F. The summed E-state index contributed by atoms with van der Waals surface area (Å²) in [5.41, 5.74) is 0.191. The fourth-order valence-electron chi connectivity index (χ4n) is 3.15. The van der Waals surface area contributed by atoms with Crippen molar-refractivity contribution in [3.8, 4) is 0 Å². The van der Waals surface area contributed by atoms with Crippen LogP contribution in [0.3, 0.4) is 0 Å². The Morgan fingerprint density at radius 1 is 1.21 bits per heavy atom. The van der Waals surface area contributed by atoms with Crippen LogP contribution < -0.4 is 0 Å². The highest BCUT2D eigenvalue weighted by atomic mass is 31.2. The molecule has 0 N–H and O–H groups in total. The lowest BCUT2D eigenvalue weighted by atomic mass is 10.1. The van der Waals surface area contributed by atoms with Gasteiger partial charge in [0, 0.05) is 18.2 Å². The molecule has 28 heavy (non-hydrogen) atoms. The number of hydrogen-bond donors (Lipinski definition) is 0. The molecule has 3 aliphatic heterocycles. The van der Waals surface area contributed by atoms with Gasteiger partial charge >= 0.3 is 7.82 Å². The van der Waals surface area contributed by atoms with E-state index in [1.54, 1.807) is 6.07 Å². The van der Waals surface area contributed by atoms with Crippen LogP contribution in [0.2, 0.25) is 0 Å². The maximum absolute atomic E-state index is 13.7. The van der Waals surface area contributed by atoms with Gasteiger partial charge in [0.25, 0.3) is 0 Å². The second-order valence-corrected chi connectivity index (χ2v) is 8.12. The quantitative estimate of drug-likeness (QED) is 0.552. The number of allylic oxidation sites excluding steroid dienone is 1. The van der Waals surface area contributed by atoms with Crippen molar-refractivity contribution in [3.63, 3.8) is 0 Å². The zero-order valence-corrected chi connectivity index (χ0v) is 15.3. The second-order valence-electron chi connectivity index (χ2n) is 6.49. The van der Waals surface area contributed by atoms with E-state index in [1.165, 1.54) is 18.2 Å². The Labute approximate surface area is 158 Å². The summed E-state index contributed by atoms with van der Waals surface area (Å²) in [6, 6.07) is 5.85. The third kappa shape index (κ3) is 3.78. The van der Waals surface area contributed by atoms with Crippen LogP contribution in [0.5, 0.6) is 0 Å². The van der Waals surface area contributed by atoms with Crippen molar-refractivity contribution in [2.45, 2.75) is 37.9 Å². The molecule has 8 nitrogen and oxygen atoms in total. The highest BCUT2D eigenvalue weighted by Gasteiger charge is 2.49. The summed E-state index contributed by atoms with van der Waals surface area (Å²) in [4.78, 5) is 24.2. The summed E-state index contributed by atoms with van der Waals surface area (Å²) in [7, 11) is -3.97. The Morgan fingerprint density at radius 2 is 2.00 bits per heavy atom. The number of carbonyl (C=O) groups excluding carboxylic acids is 2. The van der Waals surface area contributed by atoms with Crippen LogP contribution in [0.4, 0.5) is 8.78 Å². The van der Waals surface area contributed by atoms with Gasteiger partial charge < -0.3 is 4.74 Å². The predicted molar refractivity (Wildman–Crippen MR) is 88.6 cm³/mol. The lowest BCUT2D eigenvalue weighted by Crippen LogP contribution is -2.40. The molecule has 0 saturated carbocycles. The summed E-state index contributed by atoms with van der Waals surface area (Å²) < 4.78 is 61.3. The van der Waals surface area contributed by atoms with E-state index in [-0.39, 0.29) is 25.2 Å². The van der Waals surface area contributed by atoms with Crippen LogP contribution in [0.15, 0.2) is 36.3 Å². The van der Waals surface area contributed by atoms with Gasteiger partial charge in [-0.1, -0.05) is 18.2 Å². The van der Waals surface area contributed by atoms with Crippen molar-refractivity contribution < 1.29 is 41.2 Å². The molecular weight excluding hydrogens is 399 g/mol. The molecule has 3 heterocycles. The monoisotopic (exact) mass is 415 g/mol. The first kappa shape index (κ1) is 19.4. The molecular formula is C17H16F2NO7P. The number of fused-ring (bicyclic) bond motifs is 1. The lowest BCUT2D eigenvalue weighted by molar-refractivity contribution is -0.146. The van der Waals surface area contributed by atoms with Crippen LogP contribution in [-0.2, 0) is 39.1 Å². The number of amides is 1. The number of phosphoric acid groups is 1. The van der Waals surface area contributed by atoms with E-state index in [0.29, 0.717) is 0 Å². The first-order valence-electron chi connectivity index (χ1n) is 8.53. The molecule has 1 aromatic rings. The second kappa shape index (κ2) is 7.46. The number of hydrogen-bond acceptors (Lipinski definition) is 7. The molecule has 0 aliphatic carbocycles. The summed E-state index contributed by atoms with van der Waals surface area (Å²) in [6.45, 7) is -0.449. The number of ether oxygens (including phenoxy) is 1. The topological polar surface area (TPSA) is 91.4 Å². The maximum Gasteiger partial charge on any atom is 0.475 e. The van der Waals surface area contributed by atoms with Crippen LogP contribution in [-0.4, -0.2) is 41.6 Å². The molecule has 4 rings (SSSR count). The maximum atomic E-state index is 13.7. The Bertz CT molecular complexity index is 892. The van der Waals surface area contributed by atoms with Crippen molar-refractivity contribution in [1.29, 1.82) is 0 Å². The van der Waals surface area contributed by atoms with E-state index in [1.807, 2.05) is 0 Å². The Morgan fingerprint density at radius 3 is 2.79 bits per heavy atom. The van der Waals surface area contributed by atoms with E-state index in [2.05, 4.69) is 0 Å². The number of rotatable bonds is 4. The van der Waals surface area contributed by atoms with Crippen LogP contribution in [0, 0.1) is 5.82 Å². The van der Waals surface area contributed by atoms with E-state index in [9.17, 15) is 22.9 Å². The number of Topliss-reactive ketones (excluding diaryl/α,β-unsaturated/α-hetero) is 1. The van der Waals surface area contributed by atoms with Crippen LogP contribution in [0.1, 0.15) is 18.4 Å². The summed E-state index contributed by atoms with van der Waals surface area (Å²) >= 11 is 0. The Hall–Kier alpha value is -1.97. The molecule has 11 heteroatoms. The van der Waals surface area contributed by atoms with Gasteiger partial charge in [-0.2, -0.15) is 0 Å². The third-order valence-electron chi connectivity index (χ3n) is 4.61. The summed E-state index contributed by atoms with van der Waals surface area (Å²) in [6.07, 6.45) is -1.96. The van der Waals surface area contributed by atoms with Gasteiger partial charge in [-0.25, -0.2) is 13.3 Å². The van der Waals surface area contributed by atoms with Crippen molar-refractivity contribution in [2.75, 3.05) is 6.61 Å². The first-order chi connectivity index (χ1) is 13.3. The molecule has 1 amide bonds. The van der Waals surface area contributed by atoms with Crippen LogP contribution >= 0.6 is 7.82 Å². The number of carbonyl (C=O) groups is 2. The highest BCUT2D eigenvalue weighted by Crippen LogP contribution is 2.56. The van der Waals surface area contributed by atoms with Gasteiger partial charge in [-0.15, -0.1) is 0 Å². The Kier molecular flexibility index (Phi) is 5.15. The minimum Gasteiger partial charge on any atom is -0.349 e. The van der Waals surface area contributed by atoms with E-state index in [4.69, 9.17) is 18.3 Å². The highest BCUT2D eigenvalue weighted by molar-refractivity contribution is 7.48. The fraction of sp³-hybridized carbons (Fsp3) is 0.412. The molecule has 0 bridgehead atoms. The minimum absolute atomic E-state index is 0.0881. The van der Waals surface area contributed by atoms with Crippen molar-refractivity contribution in [1.82, 2.24) is 4.90 Å². The molecule has 2 fully saturated rings.